The fourth-order valence-corrected chi connectivity index (χ4v) is 1.84. The van der Waals surface area contributed by atoms with Crippen LogP contribution in [-0.2, 0) is 4.79 Å². The lowest BCUT2D eigenvalue weighted by molar-refractivity contribution is -0.127. The second kappa shape index (κ2) is 6.98. The van der Waals surface area contributed by atoms with Crippen LogP contribution in [0.3, 0.4) is 0 Å². The summed E-state index contributed by atoms with van der Waals surface area (Å²) in [6, 6.07) is 2.75. The summed E-state index contributed by atoms with van der Waals surface area (Å²) < 4.78 is 19.2. The van der Waals surface area contributed by atoms with Gasteiger partial charge in [-0.05, 0) is 6.42 Å². The number of amides is 1. The van der Waals surface area contributed by atoms with Crippen LogP contribution in [0, 0.1) is 5.82 Å². The molecule has 1 aromatic rings. The molecule has 0 aliphatic carbocycles. The van der Waals surface area contributed by atoms with E-state index in [4.69, 9.17) is 10.5 Å². The van der Waals surface area contributed by atoms with E-state index >= 15 is 0 Å². The standard InChI is InChI=1S/C14H22FN3O2/c1-5-6-18(9-14(19)17(2)3)12-8-13(20-4)11(16)7-10(12)15/h7-8H,5-6,9,16H2,1-4H3. The number of ether oxygens (including phenoxy) is 1. The van der Waals surface area contributed by atoms with E-state index in [1.807, 2.05) is 6.92 Å². The molecular formula is C14H22FN3O2. The van der Waals surface area contributed by atoms with Crippen molar-refractivity contribution in [3.63, 3.8) is 0 Å². The molecule has 0 aliphatic rings. The molecule has 1 amide bonds. The third-order valence-electron chi connectivity index (χ3n) is 2.96. The van der Waals surface area contributed by atoms with E-state index in [9.17, 15) is 9.18 Å². The first-order valence-corrected chi connectivity index (χ1v) is 6.48. The molecule has 1 aromatic carbocycles. The van der Waals surface area contributed by atoms with Gasteiger partial charge in [-0.3, -0.25) is 4.79 Å². The van der Waals surface area contributed by atoms with Crippen LogP contribution in [0.5, 0.6) is 5.75 Å². The molecule has 1 rings (SSSR count). The molecule has 0 aromatic heterocycles. The maximum atomic E-state index is 14.1. The summed E-state index contributed by atoms with van der Waals surface area (Å²) in [7, 11) is 4.82. The summed E-state index contributed by atoms with van der Waals surface area (Å²) in [5.41, 5.74) is 6.23. The van der Waals surface area contributed by atoms with Gasteiger partial charge in [0.05, 0.1) is 25.0 Å². The van der Waals surface area contributed by atoms with Gasteiger partial charge in [-0.25, -0.2) is 4.39 Å². The van der Waals surface area contributed by atoms with Gasteiger partial charge in [0.15, 0.2) is 0 Å². The summed E-state index contributed by atoms with van der Waals surface area (Å²) in [5, 5.41) is 0. The van der Waals surface area contributed by atoms with Crippen molar-refractivity contribution in [2.75, 3.05) is 44.9 Å². The van der Waals surface area contributed by atoms with Crippen molar-refractivity contribution in [2.24, 2.45) is 0 Å². The Morgan fingerprint density at radius 2 is 2.05 bits per heavy atom. The molecule has 0 unspecified atom stereocenters. The number of nitrogens with two attached hydrogens (primary N) is 1. The molecule has 6 heteroatoms. The zero-order chi connectivity index (χ0) is 15.3. The quantitative estimate of drug-likeness (QED) is 0.808. The van der Waals surface area contributed by atoms with E-state index in [0.29, 0.717) is 18.0 Å². The van der Waals surface area contributed by atoms with Gasteiger partial charge in [-0.15, -0.1) is 0 Å². The minimum Gasteiger partial charge on any atom is -0.495 e. The highest BCUT2D eigenvalue weighted by molar-refractivity contribution is 5.81. The van der Waals surface area contributed by atoms with Crippen molar-refractivity contribution >= 4 is 17.3 Å². The Hall–Kier alpha value is -1.98. The number of hydrogen-bond acceptors (Lipinski definition) is 4. The Morgan fingerprint density at radius 1 is 1.40 bits per heavy atom. The van der Waals surface area contributed by atoms with Crippen LogP contribution in [0.2, 0.25) is 0 Å². The fourth-order valence-electron chi connectivity index (χ4n) is 1.84. The Morgan fingerprint density at radius 3 is 2.55 bits per heavy atom. The van der Waals surface area contributed by atoms with E-state index in [1.165, 1.54) is 24.1 Å². The van der Waals surface area contributed by atoms with Crippen LogP contribution >= 0.6 is 0 Å². The predicted molar refractivity (Wildman–Crippen MR) is 78.6 cm³/mol. The number of benzene rings is 1. The smallest absolute Gasteiger partial charge is 0.241 e. The minimum absolute atomic E-state index is 0.0892. The summed E-state index contributed by atoms with van der Waals surface area (Å²) in [4.78, 5) is 15.0. The lowest BCUT2D eigenvalue weighted by atomic mass is 10.2. The lowest BCUT2D eigenvalue weighted by Crippen LogP contribution is -2.37. The van der Waals surface area contributed by atoms with Crippen LogP contribution in [-0.4, -0.2) is 45.1 Å². The highest BCUT2D eigenvalue weighted by Gasteiger charge is 2.18. The second-order valence-corrected chi connectivity index (χ2v) is 4.76. The van der Waals surface area contributed by atoms with Crippen LogP contribution in [0.15, 0.2) is 12.1 Å². The van der Waals surface area contributed by atoms with Crippen molar-refractivity contribution in [3.05, 3.63) is 17.9 Å². The zero-order valence-electron chi connectivity index (χ0n) is 12.4. The van der Waals surface area contributed by atoms with E-state index in [1.54, 1.807) is 19.0 Å². The number of likely N-dealkylation sites (N-methyl/N-ethyl adjacent to an activating group) is 1. The van der Waals surface area contributed by atoms with Crippen molar-refractivity contribution in [2.45, 2.75) is 13.3 Å². The second-order valence-electron chi connectivity index (χ2n) is 4.76. The number of carbonyl (C=O) groups excluding carboxylic acids is 1. The topological polar surface area (TPSA) is 58.8 Å². The number of halogens is 1. The van der Waals surface area contributed by atoms with Gasteiger partial charge in [-0.2, -0.15) is 0 Å². The monoisotopic (exact) mass is 283 g/mol. The zero-order valence-corrected chi connectivity index (χ0v) is 12.4. The van der Waals surface area contributed by atoms with Gasteiger partial charge in [0.2, 0.25) is 5.91 Å². The van der Waals surface area contributed by atoms with E-state index in [0.717, 1.165) is 6.42 Å². The summed E-state index contributed by atoms with van der Waals surface area (Å²) in [6.07, 6.45) is 0.798. The molecule has 0 saturated heterocycles. The molecule has 0 saturated carbocycles. The van der Waals surface area contributed by atoms with Gasteiger partial charge in [0, 0.05) is 32.8 Å². The first-order chi connectivity index (χ1) is 9.40. The average molecular weight is 283 g/mol. The molecule has 112 valence electrons. The maximum Gasteiger partial charge on any atom is 0.241 e. The molecule has 5 nitrogen and oxygen atoms in total. The number of methoxy groups -OCH3 is 1. The lowest BCUT2D eigenvalue weighted by Gasteiger charge is -2.26. The number of carbonyl (C=O) groups is 1. The number of nitrogen functional groups attached to an aromatic ring is 1. The molecule has 0 atom stereocenters. The van der Waals surface area contributed by atoms with Gasteiger partial charge in [0.25, 0.3) is 0 Å². The van der Waals surface area contributed by atoms with E-state index in [2.05, 4.69) is 0 Å². The van der Waals surface area contributed by atoms with E-state index < -0.39 is 5.82 Å². The molecule has 0 bridgehead atoms. The maximum absolute atomic E-state index is 14.1. The fraction of sp³-hybridized carbons (Fsp3) is 0.500. The molecule has 0 spiro atoms. The van der Waals surface area contributed by atoms with Crippen molar-refractivity contribution in [3.8, 4) is 5.75 Å². The highest BCUT2D eigenvalue weighted by atomic mass is 19.1. The summed E-state index contributed by atoms with van der Waals surface area (Å²) >= 11 is 0. The predicted octanol–water partition coefficient (Wildman–Crippen LogP) is 1.72. The third-order valence-corrected chi connectivity index (χ3v) is 2.96. The summed E-state index contributed by atoms with van der Waals surface area (Å²) in [5.74, 6) is -0.142. The van der Waals surface area contributed by atoms with Gasteiger partial charge in [0.1, 0.15) is 11.6 Å². The molecule has 2 N–H and O–H groups in total. The van der Waals surface area contributed by atoms with Crippen LogP contribution < -0.4 is 15.4 Å². The van der Waals surface area contributed by atoms with Crippen molar-refractivity contribution < 1.29 is 13.9 Å². The Bertz CT molecular complexity index is 478. The first-order valence-electron chi connectivity index (χ1n) is 6.48. The Kier molecular flexibility index (Phi) is 5.61. The average Bonchev–Trinajstić information content (AvgIpc) is 2.38. The summed E-state index contributed by atoms with van der Waals surface area (Å²) in [6.45, 7) is 2.66. The largest absolute Gasteiger partial charge is 0.495 e. The van der Waals surface area contributed by atoms with Crippen LogP contribution in [0.1, 0.15) is 13.3 Å². The number of anilines is 2. The molecule has 20 heavy (non-hydrogen) atoms. The van der Waals surface area contributed by atoms with Crippen LogP contribution in [0.4, 0.5) is 15.8 Å². The molecular weight excluding hydrogens is 261 g/mol. The SMILES string of the molecule is CCCN(CC(=O)N(C)C)c1cc(OC)c(N)cc1F. The van der Waals surface area contributed by atoms with Crippen molar-refractivity contribution in [1.29, 1.82) is 0 Å². The van der Waals surface area contributed by atoms with Gasteiger partial charge in [-0.1, -0.05) is 6.92 Å². The Labute approximate surface area is 119 Å². The van der Waals surface area contributed by atoms with Crippen LogP contribution in [0.25, 0.3) is 0 Å². The van der Waals surface area contributed by atoms with Gasteiger partial charge >= 0.3 is 0 Å². The Balaban J connectivity index is 3.10. The minimum atomic E-state index is -0.455. The number of hydrogen-bond donors (Lipinski definition) is 1. The normalized spacial score (nSPS) is 10.2. The number of rotatable bonds is 6. The molecule has 0 aliphatic heterocycles. The molecule has 0 fully saturated rings. The highest BCUT2D eigenvalue weighted by Crippen LogP contribution is 2.30. The molecule has 0 heterocycles. The van der Waals surface area contributed by atoms with E-state index in [-0.39, 0.29) is 18.1 Å². The number of nitrogens with zero attached hydrogens (tertiary/aromatic N) is 2. The third kappa shape index (κ3) is 3.76. The van der Waals surface area contributed by atoms with Gasteiger partial charge < -0.3 is 20.3 Å². The molecule has 0 radical (unpaired) electrons. The van der Waals surface area contributed by atoms with Crippen molar-refractivity contribution in [1.82, 2.24) is 4.90 Å². The first kappa shape index (κ1) is 16.1.